The summed E-state index contributed by atoms with van der Waals surface area (Å²) >= 11 is 6.10. The van der Waals surface area contributed by atoms with E-state index in [1.54, 1.807) is 13.8 Å². The minimum absolute atomic E-state index is 0.176. The molecule has 0 aromatic carbocycles. The van der Waals surface area contributed by atoms with Gasteiger partial charge in [0.1, 0.15) is 10.7 Å². The van der Waals surface area contributed by atoms with Crippen LogP contribution >= 0.6 is 31.9 Å². The summed E-state index contributed by atoms with van der Waals surface area (Å²) in [5.74, 6) is 0.321. The Labute approximate surface area is 160 Å². The zero-order valence-electron chi connectivity index (χ0n) is 14.2. The third kappa shape index (κ3) is 9.34. The average Bonchev–Trinajstić information content (AvgIpc) is 2.58. The molecule has 2 atom stereocenters. The summed E-state index contributed by atoms with van der Waals surface area (Å²) in [6, 6.07) is 0. The van der Waals surface area contributed by atoms with Crippen LogP contribution < -0.4 is 0 Å². The molecule has 0 saturated heterocycles. The molecule has 0 aromatic heterocycles. The fourth-order valence-electron chi connectivity index (χ4n) is 2.61. The number of ether oxygens (including phenoxy) is 4. The summed E-state index contributed by atoms with van der Waals surface area (Å²) in [6.07, 6.45) is 3.21. The first kappa shape index (κ1) is 21.9. The fourth-order valence-corrected chi connectivity index (χ4v) is 2.87. The maximum Gasteiger partial charge on any atom is 0.318 e. The topological polar surface area (TPSA) is 71.1 Å². The van der Waals surface area contributed by atoms with Crippen molar-refractivity contribution in [3.63, 3.8) is 0 Å². The number of hydrogen-bond acceptors (Lipinski definition) is 6. The van der Waals surface area contributed by atoms with E-state index in [1.165, 1.54) is 0 Å². The molecule has 1 aliphatic carbocycles. The van der Waals surface area contributed by atoms with E-state index >= 15 is 0 Å². The van der Waals surface area contributed by atoms with Gasteiger partial charge in [0.15, 0.2) is 12.6 Å². The van der Waals surface area contributed by atoms with Gasteiger partial charge in [-0.15, -0.1) is 0 Å². The van der Waals surface area contributed by atoms with E-state index in [-0.39, 0.29) is 22.6 Å². The first-order valence-electron chi connectivity index (χ1n) is 8.18. The molecular formula is C16H26Br2O6. The number of hydrogen-bond donors (Lipinski definition) is 0. The van der Waals surface area contributed by atoms with Crippen LogP contribution in [-0.4, -0.2) is 48.4 Å². The lowest BCUT2D eigenvalue weighted by Gasteiger charge is -2.29. The SMILES string of the molecule is CC(OCC1CCC(COC(C)OC(=O)CBr)CC1)OC(=O)CBr. The van der Waals surface area contributed by atoms with Gasteiger partial charge in [-0.1, -0.05) is 31.9 Å². The third-order valence-corrected chi connectivity index (χ3v) is 4.83. The number of halogens is 2. The summed E-state index contributed by atoms with van der Waals surface area (Å²) in [4.78, 5) is 22.3. The van der Waals surface area contributed by atoms with Crippen LogP contribution in [0.5, 0.6) is 0 Å². The zero-order chi connectivity index (χ0) is 17.9. The number of carbonyl (C=O) groups excluding carboxylic acids is 2. The van der Waals surface area contributed by atoms with Crippen LogP contribution in [0.25, 0.3) is 0 Å². The molecule has 0 radical (unpaired) electrons. The Bertz CT molecular complexity index is 349. The van der Waals surface area contributed by atoms with Gasteiger partial charge < -0.3 is 18.9 Å². The molecule has 1 rings (SSSR count). The van der Waals surface area contributed by atoms with Gasteiger partial charge >= 0.3 is 11.9 Å². The van der Waals surface area contributed by atoms with Gasteiger partial charge in [0, 0.05) is 0 Å². The van der Waals surface area contributed by atoms with Crippen LogP contribution in [0.15, 0.2) is 0 Å². The highest BCUT2D eigenvalue weighted by Crippen LogP contribution is 2.29. The van der Waals surface area contributed by atoms with Crippen molar-refractivity contribution in [1.82, 2.24) is 0 Å². The van der Waals surface area contributed by atoms with Crippen LogP contribution in [0.2, 0.25) is 0 Å². The largest absolute Gasteiger partial charge is 0.435 e. The average molecular weight is 474 g/mol. The van der Waals surface area contributed by atoms with E-state index in [9.17, 15) is 9.59 Å². The predicted molar refractivity (Wildman–Crippen MR) is 96.0 cm³/mol. The summed E-state index contributed by atoms with van der Waals surface area (Å²) < 4.78 is 21.3. The van der Waals surface area contributed by atoms with Gasteiger partial charge in [-0.3, -0.25) is 9.59 Å². The normalized spacial score (nSPS) is 23.3. The van der Waals surface area contributed by atoms with Crippen molar-refractivity contribution in [3.05, 3.63) is 0 Å². The lowest BCUT2D eigenvalue weighted by molar-refractivity contribution is -0.177. The standard InChI is InChI=1S/C16H26Br2O6/c1-11(23-15(19)7-17)21-9-13-3-5-14(6-4-13)10-22-12(2)24-16(20)8-18/h11-14H,3-10H2,1-2H3. The summed E-state index contributed by atoms with van der Waals surface area (Å²) in [7, 11) is 0. The minimum Gasteiger partial charge on any atom is -0.435 e. The molecule has 6 nitrogen and oxygen atoms in total. The highest BCUT2D eigenvalue weighted by molar-refractivity contribution is 9.09. The Morgan fingerprint density at radius 1 is 0.833 bits per heavy atom. The Kier molecular flexibility index (Phi) is 11.1. The summed E-state index contributed by atoms with van der Waals surface area (Å²) in [5, 5.41) is 0.352. The second kappa shape index (κ2) is 12.2. The third-order valence-electron chi connectivity index (χ3n) is 3.91. The highest BCUT2D eigenvalue weighted by atomic mass is 79.9. The second-order valence-electron chi connectivity index (χ2n) is 5.94. The Hall–Kier alpha value is -0.180. The molecule has 0 bridgehead atoms. The van der Waals surface area contributed by atoms with Gasteiger partial charge in [0.2, 0.25) is 0 Å². The Morgan fingerprint density at radius 2 is 1.17 bits per heavy atom. The molecule has 1 saturated carbocycles. The van der Waals surface area contributed by atoms with Crippen molar-refractivity contribution < 1.29 is 28.5 Å². The maximum absolute atomic E-state index is 11.1. The van der Waals surface area contributed by atoms with Crippen LogP contribution in [0.1, 0.15) is 39.5 Å². The van der Waals surface area contributed by atoms with Crippen molar-refractivity contribution in [3.8, 4) is 0 Å². The van der Waals surface area contributed by atoms with Crippen LogP contribution in [-0.2, 0) is 28.5 Å². The molecule has 0 aliphatic heterocycles. The summed E-state index contributed by atoms with van der Waals surface area (Å²) in [5.41, 5.74) is 0. The monoisotopic (exact) mass is 472 g/mol. The number of esters is 2. The predicted octanol–water partition coefficient (Wildman–Crippen LogP) is 3.39. The highest BCUT2D eigenvalue weighted by Gasteiger charge is 2.23. The molecule has 1 aliphatic rings. The molecule has 0 heterocycles. The van der Waals surface area contributed by atoms with Crippen LogP contribution in [0.3, 0.4) is 0 Å². The molecule has 0 amide bonds. The molecule has 24 heavy (non-hydrogen) atoms. The van der Waals surface area contributed by atoms with Crippen LogP contribution in [0.4, 0.5) is 0 Å². The van der Waals surface area contributed by atoms with Crippen molar-refractivity contribution in [1.29, 1.82) is 0 Å². The second-order valence-corrected chi connectivity index (χ2v) is 7.06. The van der Waals surface area contributed by atoms with Crippen LogP contribution in [0, 0.1) is 11.8 Å². The molecule has 2 unspecified atom stereocenters. The van der Waals surface area contributed by atoms with Gasteiger partial charge in [-0.2, -0.15) is 0 Å². The minimum atomic E-state index is -0.513. The number of rotatable bonds is 10. The quantitative estimate of drug-likeness (QED) is 0.275. The fraction of sp³-hybridized carbons (Fsp3) is 0.875. The van der Waals surface area contributed by atoms with Crippen molar-refractivity contribution in [2.24, 2.45) is 11.8 Å². The van der Waals surface area contributed by atoms with Crippen molar-refractivity contribution >= 4 is 43.8 Å². The lowest BCUT2D eigenvalue weighted by atomic mass is 9.83. The maximum atomic E-state index is 11.1. The molecule has 0 spiro atoms. The van der Waals surface area contributed by atoms with E-state index in [2.05, 4.69) is 31.9 Å². The van der Waals surface area contributed by atoms with Gasteiger partial charge in [0.05, 0.1) is 13.2 Å². The number of carbonyl (C=O) groups is 2. The first-order valence-corrected chi connectivity index (χ1v) is 10.4. The molecular weight excluding hydrogens is 448 g/mol. The van der Waals surface area contributed by atoms with E-state index in [1.807, 2.05) is 0 Å². The van der Waals surface area contributed by atoms with E-state index < -0.39 is 12.6 Å². The Balaban J connectivity index is 2.13. The van der Waals surface area contributed by atoms with E-state index in [0.717, 1.165) is 25.7 Å². The van der Waals surface area contributed by atoms with Crippen molar-refractivity contribution in [2.45, 2.75) is 52.1 Å². The lowest BCUT2D eigenvalue weighted by Crippen LogP contribution is -2.27. The van der Waals surface area contributed by atoms with E-state index in [0.29, 0.717) is 25.0 Å². The number of alkyl halides is 2. The molecule has 0 N–H and O–H groups in total. The van der Waals surface area contributed by atoms with Gasteiger partial charge in [0.25, 0.3) is 0 Å². The smallest absolute Gasteiger partial charge is 0.318 e. The van der Waals surface area contributed by atoms with Gasteiger partial charge in [-0.05, 0) is 51.4 Å². The zero-order valence-corrected chi connectivity index (χ0v) is 17.3. The molecule has 8 heteroatoms. The van der Waals surface area contributed by atoms with E-state index in [4.69, 9.17) is 18.9 Å². The molecule has 1 fully saturated rings. The van der Waals surface area contributed by atoms with Gasteiger partial charge in [-0.25, -0.2) is 0 Å². The molecule has 0 aromatic rings. The van der Waals surface area contributed by atoms with Crippen molar-refractivity contribution in [2.75, 3.05) is 23.9 Å². The Morgan fingerprint density at radius 3 is 1.46 bits per heavy atom. The first-order chi connectivity index (χ1) is 11.4. The summed E-state index contributed by atoms with van der Waals surface area (Å²) in [6.45, 7) is 4.67. The molecule has 140 valence electrons.